The summed E-state index contributed by atoms with van der Waals surface area (Å²) >= 11 is 5.29. The van der Waals surface area contributed by atoms with Crippen LogP contribution < -0.4 is 21.3 Å². The van der Waals surface area contributed by atoms with Crippen LogP contribution in [0.25, 0.3) is 0 Å². The number of terminal acetylenes is 1. The predicted molar refractivity (Wildman–Crippen MR) is 102 cm³/mol. The van der Waals surface area contributed by atoms with E-state index in [4.69, 9.17) is 23.4 Å². The van der Waals surface area contributed by atoms with Crippen LogP contribution in [0, 0.1) is 12.3 Å². The summed E-state index contributed by atoms with van der Waals surface area (Å²) in [5.74, 6) is 2.37. The fourth-order valence-electron chi connectivity index (χ4n) is 3.39. The van der Waals surface area contributed by atoms with Crippen molar-refractivity contribution >= 4 is 29.1 Å². The van der Waals surface area contributed by atoms with Gasteiger partial charge in [-0.2, -0.15) is 0 Å². The lowest BCUT2D eigenvalue weighted by Gasteiger charge is -2.37. The minimum Gasteiger partial charge on any atom is -0.383 e. The van der Waals surface area contributed by atoms with Crippen molar-refractivity contribution in [2.45, 2.75) is 37.4 Å². The first-order valence-electron chi connectivity index (χ1n) is 8.82. The Labute approximate surface area is 159 Å². The molecule has 0 radical (unpaired) electrons. The topological polar surface area (TPSA) is 94.7 Å². The average molecular weight is 382 g/mol. The van der Waals surface area contributed by atoms with Gasteiger partial charge in [-0.25, -0.2) is 0 Å². The van der Waals surface area contributed by atoms with Crippen LogP contribution in [-0.4, -0.2) is 79.8 Å². The molecule has 0 aromatic rings. The van der Waals surface area contributed by atoms with E-state index in [9.17, 15) is 9.59 Å². The summed E-state index contributed by atoms with van der Waals surface area (Å²) in [6.45, 7) is 2.74. The first-order chi connectivity index (χ1) is 12.5. The van der Waals surface area contributed by atoms with Crippen molar-refractivity contribution in [1.29, 1.82) is 0 Å². The van der Waals surface area contributed by atoms with Crippen LogP contribution in [0.4, 0.5) is 0 Å². The Bertz CT molecular complexity index is 565. The fourth-order valence-corrected chi connectivity index (χ4v) is 3.66. The predicted octanol–water partition coefficient (Wildman–Crippen LogP) is -1.43. The van der Waals surface area contributed by atoms with E-state index in [0.29, 0.717) is 44.1 Å². The maximum Gasteiger partial charge on any atom is 0.237 e. The van der Waals surface area contributed by atoms with E-state index in [1.807, 2.05) is 0 Å². The Hall–Kier alpha value is -1.89. The van der Waals surface area contributed by atoms with Gasteiger partial charge in [0.25, 0.3) is 0 Å². The van der Waals surface area contributed by atoms with Crippen LogP contribution in [0.1, 0.15) is 19.3 Å². The van der Waals surface area contributed by atoms with Gasteiger partial charge >= 0.3 is 0 Å². The van der Waals surface area contributed by atoms with Crippen LogP contribution in [0.15, 0.2) is 0 Å². The van der Waals surface area contributed by atoms with E-state index in [-0.39, 0.29) is 36.5 Å². The van der Waals surface area contributed by atoms with Crippen LogP contribution >= 0.6 is 12.2 Å². The minimum absolute atomic E-state index is 0.0422. The molecule has 2 aliphatic rings. The Balaban J connectivity index is 1.83. The number of fused-ring (bicyclic) bond motifs is 1. The van der Waals surface area contributed by atoms with Crippen molar-refractivity contribution in [3.63, 3.8) is 0 Å². The largest absolute Gasteiger partial charge is 0.383 e. The molecule has 2 heterocycles. The number of methoxy groups -OCH3 is 1. The molecular weight excluding hydrogens is 354 g/mol. The summed E-state index contributed by atoms with van der Waals surface area (Å²) in [5, 5.41) is 12.5. The Morgan fingerprint density at radius 3 is 3.04 bits per heavy atom. The molecule has 2 fully saturated rings. The van der Waals surface area contributed by atoms with E-state index in [1.165, 1.54) is 0 Å². The van der Waals surface area contributed by atoms with Gasteiger partial charge in [-0.3, -0.25) is 14.5 Å². The van der Waals surface area contributed by atoms with E-state index in [0.717, 1.165) is 6.54 Å². The summed E-state index contributed by atoms with van der Waals surface area (Å²) < 4.78 is 4.98. The smallest absolute Gasteiger partial charge is 0.237 e. The van der Waals surface area contributed by atoms with Gasteiger partial charge in [-0.1, -0.05) is 5.92 Å². The Kier molecular flexibility index (Phi) is 8.09. The van der Waals surface area contributed by atoms with Crippen LogP contribution in [0.2, 0.25) is 0 Å². The molecule has 26 heavy (non-hydrogen) atoms. The standard InChI is InChI=1S/C17H27N5O3S/c1-3-6-18-15(23)5-4-13-10-20-16(24)14-9-12(11-22(13)14)21-17(26)19-7-8-25-2/h1,12-14H,4-11H2,2H3,(H,18,23)(H,20,24)(H2,19,21,26). The quantitative estimate of drug-likeness (QED) is 0.233. The van der Waals surface area contributed by atoms with Crippen molar-refractivity contribution in [2.75, 3.05) is 39.9 Å². The van der Waals surface area contributed by atoms with E-state index < -0.39 is 0 Å². The first kappa shape index (κ1) is 20.4. The number of piperazine rings is 1. The third kappa shape index (κ3) is 5.83. The maximum absolute atomic E-state index is 12.2. The summed E-state index contributed by atoms with van der Waals surface area (Å²) in [6.07, 6.45) is 6.90. The average Bonchev–Trinajstić information content (AvgIpc) is 3.04. The van der Waals surface area contributed by atoms with Crippen LogP contribution in [0.3, 0.4) is 0 Å². The second-order valence-electron chi connectivity index (χ2n) is 6.46. The highest BCUT2D eigenvalue weighted by Gasteiger charge is 2.43. The molecule has 8 nitrogen and oxygen atoms in total. The minimum atomic E-state index is -0.179. The molecular formula is C17H27N5O3S. The number of nitrogens with zero attached hydrogens (tertiary/aromatic N) is 1. The lowest BCUT2D eigenvalue weighted by atomic mass is 10.0. The van der Waals surface area contributed by atoms with Crippen LogP contribution in [-0.2, 0) is 14.3 Å². The van der Waals surface area contributed by atoms with Gasteiger partial charge in [0, 0.05) is 45.2 Å². The molecule has 3 unspecified atom stereocenters. The van der Waals surface area contributed by atoms with Gasteiger partial charge in [-0.05, 0) is 25.1 Å². The summed E-state index contributed by atoms with van der Waals surface area (Å²) in [4.78, 5) is 26.2. The Morgan fingerprint density at radius 1 is 1.50 bits per heavy atom. The molecule has 4 N–H and O–H groups in total. The monoisotopic (exact) mass is 381 g/mol. The molecule has 0 aromatic carbocycles. The number of thiocarbonyl (C=S) groups is 1. The molecule has 9 heteroatoms. The molecule has 2 saturated heterocycles. The van der Waals surface area contributed by atoms with Gasteiger partial charge < -0.3 is 26.0 Å². The van der Waals surface area contributed by atoms with Gasteiger partial charge in [0.2, 0.25) is 11.8 Å². The third-order valence-electron chi connectivity index (χ3n) is 4.64. The van der Waals surface area contributed by atoms with Crippen molar-refractivity contribution in [2.24, 2.45) is 0 Å². The second kappa shape index (κ2) is 10.3. The van der Waals surface area contributed by atoms with Crippen molar-refractivity contribution in [3.05, 3.63) is 0 Å². The molecule has 0 aliphatic carbocycles. The normalized spacial score (nSPS) is 24.9. The van der Waals surface area contributed by atoms with Crippen molar-refractivity contribution in [1.82, 2.24) is 26.2 Å². The lowest BCUT2D eigenvalue weighted by Crippen LogP contribution is -2.58. The second-order valence-corrected chi connectivity index (χ2v) is 6.87. The van der Waals surface area contributed by atoms with Gasteiger partial charge in [-0.15, -0.1) is 6.42 Å². The Morgan fingerprint density at radius 2 is 2.31 bits per heavy atom. The summed E-state index contributed by atoms with van der Waals surface area (Å²) in [6, 6.07) is 0.0575. The number of nitrogens with one attached hydrogen (secondary N) is 4. The molecule has 144 valence electrons. The van der Waals surface area contributed by atoms with Gasteiger partial charge in [0.1, 0.15) is 0 Å². The number of hydrogen-bond acceptors (Lipinski definition) is 5. The number of amides is 2. The number of carbonyl (C=O) groups excluding carboxylic acids is 2. The molecule has 0 saturated carbocycles. The molecule has 0 spiro atoms. The molecule has 2 aliphatic heterocycles. The number of ether oxygens (including phenoxy) is 1. The molecule has 3 atom stereocenters. The highest BCUT2D eigenvalue weighted by atomic mass is 32.1. The highest BCUT2D eigenvalue weighted by molar-refractivity contribution is 7.80. The summed E-state index contributed by atoms with van der Waals surface area (Å²) in [5.41, 5.74) is 0. The number of carbonyl (C=O) groups is 2. The molecule has 2 amide bonds. The zero-order valence-electron chi connectivity index (χ0n) is 15.0. The van der Waals surface area contributed by atoms with Gasteiger partial charge in [0.05, 0.1) is 19.2 Å². The third-order valence-corrected chi connectivity index (χ3v) is 4.90. The van der Waals surface area contributed by atoms with E-state index in [2.05, 4.69) is 32.1 Å². The molecule has 0 aromatic heterocycles. The van der Waals surface area contributed by atoms with E-state index >= 15 is 0 Å². The van der Waals surface area contributed by atoms with Crippen molar-refractivity contribution < 1.29 is 14.3 Å². The maximum atomic E-state index is 12.2. The van der Waals surface area contributed by atoms with Crippen molar-refractivity contribution in [3.8, 4) is 12.3 Å². The van der Waals surface area contributed by atoms with E-state index in [1.54, 1.807) is 7.11 Å². The summed E-state index contributed by atoms with van der Waals surface area (Å²) in [7, 11) is 1.64. The number of hydrogen-bond donors (Lipinski definition) is 4. The first-order valence-corrected chi connectivity index (χ1v) is 9.23. The number of rotatable bonds is 8. The SMILES string of the molecule is C#CCNC(=O)CCC1CNC(=O)C2CC(NC(=S)NCCOC)CN12. The lowest BCUT2D eigenvalue weighted by molar-refractivity contribution is -0.129. The molecule has 0 bridgehead atoms. The van der Waals surface area contributed by atoms with Gasteiger partial charge in [0.15, 0.2) is 5.11 Å². The zero-order valence-corrected chi connectivity index (χ0v) is 15.9. The van der Waals surface area contributed by atoms with Crippen LogP contribution in [0.5, 0.6) is 0 Å². The zero-order chi connectivity index (χ0) is 18.9. The highest BCUT2D eigenvalue weighted by Crippen LogP contribution is 2.25. The molecule has 2 rings (SSSR count). The fraction of sp³-hybridized carbons (Fsp3) is 0.706.